The highest BCUT2D eigenvalue weighted by Crippen LogP contribution is 2.22. The Morgan fingerprint density at radius 3 is 2.53 bits per heavy atom. The highest BCUT2D eigenvalue weighted by Gasteiger charge is 2.24. The van der Waals surface area contributed by atoms with Gasteiger partial charge in [-0.25, -0.2) is 0 Å². The molecule has 0 amide bonds. The minimum atomic E-state index is 0.0835. The van der Waals surface area contributed by atoms with Crippen LogP contribution in [0.2, 0.25) is 0 Å². The lowest BCUT2D eigenvalue weighted by molar-refractivity contribution is 0.325. The summed E-state index contributed by atoms with van der Waals surface area (Å²) in [6, 6.07) is 4.12. The maximum absolute atomic E-state index is 5.62. The van der Waals surface area contributed by atoms with Crippen LogP contribution in [0.15, 0.2) is 24.5 Å². The molecule has 1 rings (SSSR count). The van der Waals surface area contributed by atoms with Gasteiger partial charge in [-0.3, -0.25) is 4.98 Å². The van der Waals surface area contributed by atoms with E-state index in [4.69, 9.17) is 5.73 Å². The van der Waals surface area contributed by atoms with Gasteiger partial charge >= 0.3 is 0 Å². The van der Waals surface area contributed by atoms with E-state index in [1.165, 1.54) is 5.56 Å². The highest BCUT2D eigenvalue weighted by molar-refractivity contribution is 5.20. The third-order valence-electron chi connectivity index (χ3n) is 3.22. The lowest BCUT2D eigenvalue weighted by Gasteiger charge is -2.32. The summed E-state index contributed by atoms with van der Waals surface area (Å²) in [7, 11) is 0. The summed E-state index contributed by atoms with van der Waals surface area (Å²) in [5.74, 6) is 0. The molecule has 1 heterocycles. The summed E-state index contributed by atoms with van der Waals surface area (Å²) < 4.78 is 0. The first kappa shape index (κ1) is 14.1. The molecule has 0 bridgehead atoms. The second-order valence-electron chi connectivity index (χ2n) is 5.90. The summed E-state index contributed by atoms with van der Waals surface area (Å²) >= 11 is 0. The Hall–Kier alpha value is -0.930. The summed E-state index contributed by atoms with van der Waals surface area (Å²) in [6.07, 6.45) is 4.74. The molecule has 0 unspecified atom stereocenters. The van der Waals surface area contributed by atoms with Crippen LogP contribution in [0.3, 0.4) is 0 Å². The zero-order valence-corrected chi connectivity index (χ0v) is 11.5. The average molecular weight is 235 g/mol. The fourth-order valence-corrected chi connectivity index (χ4v) is 1.77. The van der Waals surface area contributed by atoms with Crippen LogP contribution < -0.4 is 11.1 Å². The van der Waals surface area contributed by atoms with Gasteiger partial charge in [0.2, 0.25) is 0 Å². The van der Waals surface area contributed by atoms with Crippen molar-refractivity contribution in [3.8, 4) is 0 Å². The van der Waals surface area contributed by atoms with Crippen molar-refractivity contribution in [3.63, 3.8) is 0 Å². The maximum atomic E-state index is 5.62. The molecule has 17 heavy (non-hydrogen) atoms. The Morgan fingerprint density at radius 2 is 2.00 bits per heavy atom. The van der Waals surface area contributed by atoms with E-state index in [2.05, 4.69) is 44.1 Å². The Morgan fingerprint density at radius 1 is 1.29 bits per heavy atom. The number of aromatic nitrogens is 1. The number of nitrogens with two attached hydrogens (primary N) is 1. The molecular formula is C14H25N3. The van der Waals surface area contributed by atoms with Gasteiger partial charge in [0.05, 0.1) is 0 Å². The molecule has 0 aromatic carbocycles. The van der Waals surface area contributed by atoms with Crippen LogP contribution in [-0.4, -0.2) is 23.6 Å². The molecule has 3 N–H and O–H groups in total. The second kappa shape index (κ2) is 5.61. The Balaban J connectivity index is 2.62. The first-order valence-corrected chi connectivity index (χ1v) is 6.23. The van der Waals surface area contributed by atoms with Crippen LogP contribution in [0.4, 0.5) is 0 Å². The van der Waals surface area contributed by atoms with Crippen molar-refractivity contribution < 1.29 is 0 Å². The Kier molecular flexibility index (Phi) is 4.66. The third-order valence-corrected chi connectivity index (χ3v) is 3.22. The molecule has 0 aliphatic rings. The van der Waals surface area contributed by atoms with E-state index >= 15 is 0 Å². The van der Waals surface area contributed by atoms with E-state index in [-0.39, 0.29) is 11.0 Å². The van der Waals surface area contributed by atoms with Crippen LogP contribution in [0.25, 0.3) is 0 Å². The normalized spacial score (nSPS) is 12.8. The van der Waals surface area contributed by atoms with Crippen LogP contribution in [0.1, 0.15) is 39.7 Å². The van der Waals surface area contributed by atoms with E-state index < -0.39 is 0 Å². The monoisotopic (exact) mass is 235 g/mol. The van der Waals surface area contributed by atoms with Gasteiger partial charge in [0.25, 0.3) is 0 Å². The first-order valence-electron chi connectivity index (χ1n) is 6.23. The molecule has 1 aromatic heterocycles. The molecule has 0 fully saturated rings. The van der Waals surface area contributed by atoms with Crippen molar-refractivity contribution >= 4 is 0 Å². The molecular weight excluding hydrogens is 210 g/mol. The highest BCUT2D eigenvalue weighted by atomic mass is 15.0. The topological polar surface area (TPSA) is 50.9 Å². The van der Waals surface area contributed by atoms with Crippen molar-refractivity contribution in [2.45, 2.75) is 45.1 Å². The second-order valence-corrected chi connectivity index (χ2v) is 5.90. The van der Waals surface area contributed by atoms with Gasteiger partial charge in [-0.05, 0) is 38.4 Å². The maximum Gasteiger partial charge on any atom is 0.0305 e. The van der Waals surface area contributed by atoms with E-state index in [1.807, 2.05) is 18.5 Å². The molecule has 1 aromatic rings. The summed E-state index contributed by atoms with van der Waals surface area (Å²) in [5.41, 5.74) is 7.05. The van der Waals surface area contributed by atoms with Crippen LogP contribution >= 0.6 is 0 Å². The van der Waals surface area contributed by atoms with Crippen molar-refractivity contribution in [2.75, 3.05) is 13.1 Å². The fourth-order valence-electron chi connectivity index (χ4n) is 1.77. The standard InChI is InChI=1S/C14H25N3/c1-13(2,12-6-5-9-16-10-12)11-17-14(3,4)7-8-15/h5-6,9-10,17H,7-8,11,15H2,1-4H3. The van der Waals surface area contributed by atoms with Crippen molar-refractivity contribution in [3.05, 3.63) is 30.1 Å². The van der Waals surface area contributed by atoms with Gasteiger partial charge < -0.3 is 11.1 Å². The zero-order valence-electron chi connectivity index (χ0n) is 11.5. The van der Waals surface area contributed by atoms with Crippen LogP contribution in [0.5, 0.6) is 0 Å². The van der Waals surface area contributed by atoms with E-state index in [0.717, 1.165) is 13.0 Å². The van der Waals surface area contributed by atoms with E-state index in [1.54, 1.807) is 0 Å². The van der Waals surface area contributed by atoms with Crippen LogP contribution in [0, 0.1) is 0 Å². The molecule has 0 saturated heterocycles. The number of rotatable bonds is 6. The largest absolute Gasteiger partial charge is 0.330 e. The minimum Gasteiger partial charge on any atom is -0.330 e. The predicted molar refractivity (Wildman–Crippen MR) is 73.0 cm³/mol. The number of hydrogen-bond donors (Lipinski definition) is 2. The van der Waals surface area contributed by atoms with E-state index in [9.17, 15) is 0 Å². The molecule has 3 nitrogen and oxygen atoms in total. The molecule has 0 radical (unpaired) electrons. The predicted octanol–water partition coefficient (Wildman–Crippen LogP) is 2.08. The third kappa shape index (κ3) is 4.44. The molecule has 3 heteroatoms. The molecule has 0 saturated carbocycles. The SMILES string of the molecule is CC(C)(CCN)NCC(C)(C)c1cccnc1. The summed E-state index contributed by atoms with van der Waals surface area (Å²) in [5, 5.41) is 3.59. The van der Waals surface area contributed by atoms with Crippen LogP contribution in [-0.2, 0) is 5.41 Å². The van der Waals surface area contributed by atoms with Gasteiger partial charge in [0, 0.05) is 29.9 Å². The number of nitrogens with zero attached hydrogens (tertiary/aromatic N) is 1. The van der Waals surface area contributed by atoms with Gasteiger partial charge in [-0.2, -0.15) is 0 Å². The zero-order chi connectivity index (χ0) is 12.9. The molecule has 0 spiro atoms. The smallest absolute Gasteiger partial charge is 0.0305 e. The number of hydrogen-bond acceptors (Lipinski definition) is 3. The minimum absolute atomic E-state index is 0.0835. The lowest BCUT2D eigenvalue weighted by atomic mass is 9.84. The fraction of sp³-hybridized carbons (Fsp3) is 0.643. The molecule has 0 aliphatic carbocycles. The number of pyridine rings is 1. The lowest BCUT2D eigenvalue weighted by Crippen LogP contribution is -2.46. The Labute approximate surface area is 105 Å². The Bertz CT molecular complexity index is 331. The molecule has 0 atom stereocenters. The average Bonchev–Trinajstić information content (AvgIpc) is 2.28. The number of nitrogens with one attached hydrogen (secondary N) is 1. The van der Waals surface area contributed by atoms with Gasteiger partial charge in [0.1, 0.15) is 0 Å². The quantitative estimate of drug-likeness (QED) is 0.793. The summed E-state index contributed by atoms with van der Waals surface area (Å²) in [4.78, 5) is 4.18. The van der Waals surface area contributed by atoms with Crippen molar-refractivity contribution in [1.29, 1.82) is 0 Å². The van der Waals surface area contributed by atoms with Crippen molar-refractivity contribution in [2.24, 2.45) is 5.73 Å². The molecule has 0 aliphatic heterocycles. The summed E-state index contributed by atoms with van der Waals surface area (Å²) in [6.45, 7) is 10.5. The van der Waals surface area contributed by atoms with E-state index in [0.29, 0.717) is 6.54 Å². The molecule has 96 valence electrons. The van der Waals surface area contributed by atoms with Gasteiger partial charge in [-0.15, -0.1) is 0 Å². The van der Waals surface area contributed by atoms with Gasteiger partial charge in [0.15, 0.2) is 0 Å². The van der Waals surface area contributed by atoms with Crippen molar-refractivity contribution in [1.82, 2.24) is 10.3 Å². The first-order chi connectivity index (χ1) is 7.87. The van der Waals surface area contributed by atoms with Gasteiger partial charge in [-0.1, -0.05) is 19.9 Å².